The van der Waals surface area contributed by atoms with Gasteiger partial charge in [-0.15, -0.1) is 0 Å². The minimum Gasteiger partial charge on any atom is -0.458 e. The fourth-order valence-electron chi connectivity index (χ4n) is 1.19. The van der Waals surface area contributed by atoms with Gasteiger partial charge in [-0.1, -0.05) is 0 Å². The lowest BCUT2D eigenvalue weighted by molar-refractivity contribution is 0.544. The second-order valence-corrected chi connectivity index (χ2v) is 3.02. The van der Waals surface area contributed by atoms with E-state index in [4.69, 9.17) is 15.4 Å². The molecule has 15 heavy (non-hydrogen) atoms. The molecule has 0 saturated heterocycles. The van der Waals surface area contributed by atoms with Crippen LogP contribution < -0.4 is 5.73 Å². The van der Waals surface area contributed by atoms with Gasteiger partial charge in [0.25, 0.3) is 0 Å². The van der Waals surface area contributed by atoms with Crippen LogP contribution in [0.5, 0.6) is 0 Å². The summed E-state index contributed by atoms with van der Waals surface area (Å²) in [6, 6.07) is 6.87. The molecule has 0 fully saturated rings. The van der Waals surface area contributed by atoms with Crippen LogP contribution >= 0.6 is 0 Å². The molecule has 0 aliphatic carbocycles. The smallest absolute Gasteiger partial charge is 0.198 e. The Bertz CT molecular complexity index is 539. The number of hydrogen-bond donors (Lipinski definition) is 1. The predicted molar refractivity (Wildman–Crippen MR) is 53.6 cm³/mol. The summed E-state index contributed by atoms with van der Waals surface area (Å²) in [7, 11) is 0. The lowest BCUT2D eigenvalue weighted by atomic mass is 10.3. The van der Waals surface area contributed by atoms with Gasteiger partial charge >= 0.3 is 0 Å². The topological polar surface area (TPSA) is 88.7 Å². The van der Waals surface area contributed by atoms with Crippen LogP contribution in [0.25, 0.3) is 11.6 Å². The van der Waals surface area contributed by atoms with E-state index in [1.807, 2.05) is 13.0 Å². The van der Waals surface area contributed by atoms with Crippen LogP contribution in [0.3, 0.4) is 0 Å². The van der Waals surface area contributed by atoms with Crippen LogP contribution in [0.1, 0.15) is 11.5 Å². The van der Waals surface area contributed by atoms with Gasteiger partial charge in [0.2, 0.25) is 0 Å². The fraction of sp³-hybridized carbons (Fsp3) is 0.100. The molecule has 2 N–H and O–H groups in total. The van der Waals surface area contributed by atoms with Gasteiger partial charge in [0.15, 0.2) is 11.6 Å². The normalized spacial score (nSPS) is 9.87. The van der Waals surface area contributed by atoms with Crippen molar-refractivity contribution < 1.29 is 4.42 Å². The molecule has 74 valence electrons. The zero-order valence-electron chi connectivity index (χ0n) is 8.06. The van der Waals surface area contributed by atoms with E-state index in [0.717, 1.165) is 5.76 Å². The molecule has 0 unspecified atom stereocenters. The lowest BCUT2D eigenvalue weighted by Gasteiger charge is -1.97. The molecule has 0 spiro atoms. The van der Waals surface area contributed by atoms with E-state index in [9.17, 15) is 0 Å². The highest BCUT2D eigenvalue weighted by Crippen LogP contribution is 2.19. The van der Waals surface area contributed by atoms with Gasteiger partial charge in [0.1, 0.15) is 23.3 Å². The zero-order valence-corrected chi connectivity index (χ0v) is 8.06. The zero-order chi connectivity index (χ0) is 10.8. The van der Waals surface area contributed by atoms with Crippen molar-refractivity contribution in [1.29, 1.82) is 5.26 Å². The van der Waals surface area contributed by atoms with Crippen molar-refractivity contribution in [3.63, 3.8) is 0 Å². The summed E-state index contributed by atoms with van der Waals surface area (Å²) in [4.78, 5) is 7.98. The molecule has 2 heterocycles. The van der Waals surface area contributed by atoms with Crippen LogP contribution in [-0.2, 0) is 0 Å². The molecule has 0 aromatic carbocycles. The fourth-order valence-corrected chi connectivity index (χ4v) is 1.19. The molecule has 0 radical (unpaired) electrons. The number of rotatable bonds is 1. The molecule has 0 bridgehead atoms. The molecule has 5 nitrogen and oxygen atoms in total. The molecular formula is C10H8N4O. The van der Waals surface area contributed by atoms with E-state index in [2.05, 4.69) is 9.97 Å². The molecule has 2 aromatic rings. The average molecular weight is 200 g/mol. The van der Waals surface area contributed by atoms with Crippen molar-refractivity contribution in [2.75, 3.05) is 5.73 Å². The first-order valence-electron chi connectivity index (χ1n) is 4.30. The summed E-state index contributed by atoms with van der Waals surface area (Å²) < 4.78 is 5.33. The maximum Gasteiger partial charge on any atom is 0.198 e. The number of aryl methyl sites for hydroxylation is 1. The first-order valence-corrected chi connectivity index (χ1v) is 4.30. The van der Waals surface area contributed by atoms with Gasteiger partial charge in [-0.25, -0.2) is 9.97 Å². The van der Waals surface area contributed by atoms with Crippen molar-refractivity contribution >= 4 is 5.82 Å². The van der Waals surface area contributed by atoms with Crippen LogP contribution in [0.4, 0.5) is 5.82 Å². The van der Waals surface area contributed by atoms with Gasteiger partial charge in [0.05, 0.1) is 0 Å². The first kappa shape index (κ1) is 9.21. The Morgan fingerprint density at radius 1 is 1.40 bits per heavy atom. The van der Waals surface area contributed by atoms with E-state index in [-0.39, 0.29) is 11.5 Å². The number of furan rings is 1. The van der Waals surface area contributed by atoms with E-state index < -0.39 is 0 Å². The van der Waals surface area contributed by atoms with E-state index in [0.29, 0.717) is 11.6 Å². The molecule has 0 aliphatic rings. The van der Waals surface area contributed by atoms with Gasteiger partial charge in [-0.05, 0) is 19.1 Å². The minimum atomic E-state index is 0.228. The highest BCUT2D eigenvalue weighted by Gasteiger charge is 2.08. The summed E-state index contributed by atoms with van der Waals surface area (Å²) in [5.41, 5.74) is 5.76. The number of nitriles is 1. The van der Waals surface area contributed by atoms with Crippen LogP contribution in [-0.4, -0.2) is 9.97 Å². The summed E-state index contributed by atoms with van der Waals surface area (Å²) >= 11 is 0. The van der Waals surface area contributed by atoms with Crippen LogP contribution in [0, 0.1) is 18.3 Å². The third kappa shape index (κ3) is 1.79. The Labute approximate surface area is 86.2 Å². The molecular weight excluding hydrogens is 192 g/mol. The number of aromatic nitrogens is 2. The van der Waals surface area contributed by atoms with Crippen molar-refractivity contribution in [2.45, 2.75) is 6.92 Å². The maximum atomic E-state index is 8.71. The van der Waals surface area contributed by atoms with Crippen molar-refractivity contribution in [3.8, 4) is 17.7 Å². The summed E-state index contributed by atoms with van der Waals surface area (Å²) in [6.07, 6.45) is 0. The van der Waals surface area contributed by atoms with Crippen molar-refractivity contribution in [1.82, 2.24) is 9.97 Å². The summed E-state index contributed by atoms with van der Waals surface area (Å²) in [6.45, 7) is 1.82. The van der Waals surface area contributed by atoms with Crippen molar-refractivity contribution in [3.05, 3.63) is 29.7 Å². The number of anilines is 1. The molecule has 0 atom stereocenters. The first-order chi connectivity index (χ1) is 7.19. The minimum absolute atomic E-state index is 0.228. The quantitative estimate of drug-likeness (QED) is 0.753. The Kier molecular flexibility index (Phi) is 2.10. The monoisotopic (exact) mass is 200 g/mol. The summed E-state index contributed by atoms with van der Waals surface area (Å²) in [5.74, 6) is 1.86. The standard InChI is InChI=1S/C10H8N4O/c1-6-2-3-8(15-6)10-13-7(5-11)4-9(12)14-10/h2-4H,1H3,(H2,12,13,14). The maximum absolute atomic E-state index is 8.71. The molecule has 5 heteroatoms. The van der Waals surface area contributed by atoms with Gasteiger partial charge in [-0.2, -0.15) is 5.26 Å². The van der Waals surface area contributed by atoms with E-state index in [1.54, 1.807) is 12.1 Å². The number of hydrogen-bond acceptors (Lipinski definition) is 5. The van der Waals surface area contributed by atoms with Gasteiger partial charge in [0, 0.05) is 6.07 Å². The average Bonchev–Trinajstić information content (AvgIpc) is 2.64. The van der Waals surface area contributed by atoms with Gasteiger partial charge < -0.3 is 10.2 Å². The second-order valence-electron chi connectivity index (χ2n) is 3.02. The largest absolute Gasteiger partial charge is 0.458 e. The van der Waals surface area contributed by atoms with E-state index in [1.165, 1.54) is 6.07 Å². The van der Waals surface area contributed by atoms with Crippen LogP contribution in [0.2, 0.25) is 0 Å². The lowest BCUT2D eigenvalue weighted by Crippen LogP contribution is -1.97. The van der Waals surface area contributed by atoms with Gasteiger partial charge in [-0.3, -0.25) is 0 Å². The second kappa shape index (κ2) is 3.42. The summed E-state index contributed by atoms with van der Waals surface area (Å²) in [5, 5.41) is 8.71. The Morgan fingerprint density at radius 2 is 2.20 bits per heavy atom. The molecule has 2 aromatic heterocycles. The highest BCUT2D eigenvalue weighted by atomic mass is 16.3. The van der Waals surface area contributed by atoms with Crippen LogP contribution in [0.15, 0.2) is 22.6 Å². The van der Waals surface area contributed by atoms with Crippen molar-refractivity contribution in [2.24, 2.45) is 0 Å². The third-order valence-corrected chi connectivity index (χ3v) is 1.82. The third-order valence-electron chi connectivity index (χ3n) is 1.82. The van der Waals surface area contributed by atoms with E-state index >= 15 is 0 Å². The number of nitrogens with zero attached hydrogens (tertiary/aromatic N) is 3. The Balaban J connectivity index is 2.54. The molecule has 0 saturated carbocycles. The Hall–Kier alpha value is -2.35. The predicted octanol–water partition coefficient (Wildman–Crippen LogP) is 1.50. The highest BCUT2D eigenvalue weighted by molar-refractivity contribution is 5.51. The molecule has 0 aliphatic heterocycles. The SMILES string of the molecule is Cc1ccc(-c2nc(N)cc(C#N)n2)o1. The molecule has 0 amide bonds. The number of nitrogens with two attached hydrogens (primary N) is 1. The number of nitrogen functional groups attached to an aromatic ring is 1. The Morgan fingerprint density at radius 3 is 2.80 bits per heavy atom. The molecule has 2 rings (SSSR count).